The molecule has 0 N–H and O–H groups in total. The number of fused-ring (bicyclic) bond motifs is 1. The summed E-state index contributed by atoms with van der Waals surface area (Å²) in [7, 11) is 0. The van der Waals surface area contributed by atoms with Crippen LogP contribution in [0.15, 0.2) is 48.7 Å². The van der Waals surface area contributed by atoms with Crippen molar-refractivity contribution in [1.82, 2.24) is 14.8 Å². The van der Waals surface area contributed by atoms with Crippen molar-refractivity contribution in [1.29, 1.82) is 0 Å². The minimum Gasteiger partial charge on any atom is -0.354 e. The lowest BCUT2D eigenvalue weighted by Gasteiger charge is -2.36. The molecule has 1 aromatic carbocycles. The number of rotatable bonds is 4. The van der Waals surface area contributed by atoms with E-state index in [2.05, 4.69) is 45.1 Å². The van der Waals surface area contributed by atoms with Gasteiger partial charge in [0, 0.05) is 58.4 Å². The number of pyridine rings is 1. The zero-order valence-electron chi connectivity index (χ0n) is 15.2. The molecule has 5 heteroatoms. The fourth-order valence-electron chi connectivity index (χ4n) is 3.86. The molecule has 0 aliphatic carbocycles. The molecular weight excluding hydrogens is 324 g/mol. The third kappa shape index (κ3) is 3.88. The Morgan fingerprint density at radius 2 is 1.69 bits per heavy atom. The van der Waals surface area contributed by atoms with Gasteiger partial charge < -0.3 is 9.80 Å². The molecule has 1 saturated heterocycles. The van der Waals surface area contributed by atoms with Crippen LogP contribution in [0.2, 0.25) is 0 Å². The van der Waals surface area contributed by atoms with Crippen LogP contribution in [-0.4, -0.2) is 60.0 Å². The summed E-state index contributed by atoms with van der Waals surface area (Å²) in [5, 5.41) is 0. The summed E-state index contributed by atoms with van der Waals surface area (Å²) in [5.41, 5.74) is 2.69. The standard InChI is InChI=1S/C21H26N4O/c26-21(25-12-8-18-5-1-2-6-19(18)17-25)9-11-23-13-15-24(16-14-23)20-7-3-4-10-22-20/h1-7,10H,8-9,11-17H2. The van der Waals surface area contributed by atoms with Crippen LogP contribution in [0.3, 0.4) is 0 Å². The predicted molar refractivity (Wildman–Crippen MR) is 103 cm³/mol. The molecule has 5 nitrogen and oxygen atoms in total. The average molecular weight is 350 g/mol. The Balaban J connectivity index is 1.23. The second-order valence-electron chi connectivity index (χ2n) is 7.10. The lowest BCUT2D eigenvalue weighted by atomic mass is 10.00. The number of benzene rings is 1. The quantitative estimate of drug-likeness (QED) is 0.847. The van der Waals surface area contributed by atoms with E-state index >= 15 is 0 Å². The molecule has 2 aliphatic heterocycles. The number of carbonyl (C=O) groups excluding carboxylic acids is 1. The first kappa shape index (κ1) is 17.0. The topological polar surface area (TPSA) is 39.7 Å². The van der Waals surface area contributed by atoms with Crippen molar-refractivity contribution in [3.8, 4) is 0 Å². The lowest BCUT2D eigenvalue weighted by molar-refractivity contribution is -0.132. The van der Waals surface area contributed by atoms with Crippen LogP contribution >= 0.6 is 0 Å². The molecule has 1 amide bonds. The van der Waals surface area contributed by atoms with Crippen LogP contribution in [0.25, 0.3) is 0 Å². The summed E-state index contributed by atoms with van der Waals surface area (Å²) in [6.07, 6.45) is 3.44. The molecule has 0 radical (unpaired) electrons. The van der Waals surface area contributed by atoms with Gasteiger partial charge in [0.2, 0.25) is 5.91 Å². The molecule has 0 spiro atoms. The smallest absolute Gasteiger partial charge is 0.224 e. The van der Waals surface area contributed by atoms with E-state index in [0.29, 0.717) is 6.42 Å². The summed E-state index contributed by atoms with van der Waals surface area (Å²) in [6, 6.07) is 14.5. The molecule has 0 bridgehead atoms. The van der Waals surface area contributed by atoms with Gasteiger partial charge in [-0.3, -0.25) is 9.69 Å². The summed E-state index contributed by atoms with van der Waals surface area (Å²) in [5.74, 6) is 1.34. The van der Waals surface area contributed by atoms with E-state index in [0.717, 1.165) is 58.1 Å². The Morgan fingerprint density at radius 1 is 0.923 bits per heavy atom. The number of amides is 1. The Morgan fingerprint density at radius 3 is 2.46 bits per heavy atom. The highest BCUT2D eigenvalue weighted by Gasteiger charge is 2.22. The van der Waals surface area contributed by atoms with Gasteiger partial charge in [-0.05, 0) is 29.7 Å². The Labute approximate surface area is 155 Å². The van der Waals surface area contributed by atoms with Crippen LogP contribution in [0, 0.1) is 0 Å². The van der Waals surface area contributed by atoms with Crippen LogP contribution < -0.4 is 4.90 Å². The molecular formula is C21H26N4O. The third-order valence-electron chi connectivity index (χ3n) is 5.47. The van der Waals surface area contributed by atoms with E-state index in [1.54, 1.807) is 0 Å². The normalized spacial score (nSPS) is 17.8. The summed E-state index contributed by atoms with van der Waals surface area (Å²) in [4.78, 5) is 23.8. The third-order valence-corrected chi connectivity index (χ3v) is 5.47. The van der Waals surface area contributed by atoms with E-state index in [1.165, 1.54) is 11.1 Å². The SMILES string of the molecule is O=C(CCN1CCN(c2ccccn2)CC1)N1CCc2ccccc2C1. The minimum absolute atomic E-state index is 0.284. The van der Waals surface area contributed by atoms with Gasteiger partial charge in [-0.2, -0.15) is 0 Å². The maximum absolute atomic E-state index is 12.6. The van der Waals surface area contributed by atoms with E-state index in [9.17, 15) is 4.79 Å². The first-order chi connectivity index (χ1) is 12.8. The zero-order chi connectivity index (χ0) is 17.8. The van der Waals surface area contributed by atoms with E-state index in [4.69, 9.17) is 0 Å². The Bertz CT molecular complexity index is 741. The molecule has 136 valence electrons. The average Bonchev–Trinajstić information content (AvgIpc) is 2.72. The number of hydrogen-bond acceptors (Lipinski definition) is 4. The van der Waals surface area contributed by atoms with Crippen molar-refractivity contribution < 1.29 is 4.79 Å². The second-order valence-corrected chi connectivity index (χ2v) is 7.10. The van der Waals surface area contributed by atoms with Crippen molar-refractivity contribution in [3.63, 3.8) is 0 Å². The van der Waals surface area contributed by atoms with Gasteiger partial charge in [-0.1, -0.05) is 30.3 Å². The molecule has 1 aromatic heterocycles. The van der Waals surface area contributed by atoms with Crippen LogP contribution in [0.4, 0.5) is 5.82 Å². The van der Waals surface area contributed by atoms with E-state index < -0.39 is 0 Å². The van der Waals surface area contributed by atoms with Crippen molar-refractivity contribution in [2.45, 2.75) is 19.4 Å². The molecule has 2 aliphatic rings. The van der Waals surface area contributed by atoms with E-state index in [-0.39, 0.29) is 5.91 Å². The number of aromatic nitrogens is 1. The van der Waals surface area contributed by atoms with Crippen LogP contribution in [0.5, 0.6) is 0 Å². The predicted octanol–water partition coefficient (Wildman–Crippen LogP) is 2.18. The van der Waals surface area contributed by atoms with Gasteiger partial charge in [0.1, 0.15) is 5.82 Å². The Kier molecular flexibility index (Phi) is 5.16. The zero-order valence-corrected chi connectivity index (χ0v) is 15.2. The van der Waals surface area contributed by atoms with Gasteiger partial charge in [-0.25, -0.2) is 4.98 Å². The van der Waals surface area contributed by atoms with Crippen LogP contribution in [-0.2, 0) is 17.8 Å². The molecule has 0 atom stereocenters. The van der Waals surface area contributed by atoms with Gasteiger partial charge in [-0.15, -0.1) is 0 Å². The second kappa shape index (κ2) is 7.87. The molecule has 4 rings (SSSR count). The van der Waals surface area contributed by atoms with Gasteiger partial charge >= 0.3 is 0 Å². The molecule has 2 aromatic rings. The van der Waals surface area contributed by atoms with E-state index in [1.807, 2.05) is 23.2 Å². The fraction of sp³-hybridized carbons (Fsp3) is 0.429. The van der Waals surface area contributed by atoms with Gasteiger partial charge in [0.25, 0.3) is 0 Å². The molecule has 26 heavy (non-hydrogen) atoms. The maximum Gasteiger partial charge on any atom is 0.224 e. The van der Waals surface area contributed by atoms with Crippen molar-refractivity contribution in [2.24, 2.45) is 0 Å². The van der Waals surface area contributed by atoms with Crippen molar-refractivity contribution in [2.75, 3.05) is 44.2 Å². The molecule has 0 saturated carbocycles. The number of piperazine rings is 1. The largest absolute Gasteiger partial charge is 0.354 e. The van der Waals surface area contributed by atoms with Crippen molar-refractivity contribution >= 4 is 11.7 Å². The highest BCUT2D eigenvalue weighted by atomic mass is 16.2. The van der Waals surface area contributed by atoms with Crippen LogP contribution in [0.1, 0.15) is 17.5 Å². The highest BCUT2D eigenvalue weighted by molar-refractivity contribution is 5.76. The Hall–Kier alpha value is -2.40. The number of nitrogens with zero attached hydrogens (tertiary/aromatic N) is 4. The number of carbonyl (C=O) groups is 1. The molecule has 3 heterocycles. The monoisotopic (exact) mass is 350 g/mol. The highest BCUT2D eigenvalue weighted by Crippen LogP contribution is 2.19. The summed E-state index contributed by atoms with van der Waals surface area (Å²) >= 11 is 0. The maximum atomic E-state index is 12.6. The van der Waals surface area contributed by atoms with Gasteiger partial charge in [0.05, 0.1) is 0 Å². The summed E-state index contributed by atoms with van der Waals surface area (Å²) in [6.45, 7) is 6.41. The first-order valence-electron chi connectivity index (χ1n) is 9.52. The minimum atomic E-state index is 0.284. The molecule has 1 fully saturated rings. The first-order valence-corrected chi connectivity index (χ1v) is 9.52. The number of anilines is 1. The van der Waals surface area contributed by atoms with Crippen molar-refractivity contribution in [3.05, 3.63) is 59.8 Å². The summed E-state index contributed by atoms with van der Waals surface area (Å²) < 4.78 is 0. The number of hydrogen-bond donors (Lipinski definition) is 0. The lowest BCUT2D eigenvalue weighted by Crippen LogP contribution is -2.47. The van der Waals surface area contributed by atoms with Gasteiger partial charge in [0.15, 0.2) is 0 Å². The molecule has 0 unspecified atom stereocenters. The fourth-order valence-corrected chi connectivity index (χ4v) is 3.86.